The van der Waals surface area contributed by atoms with Gasteiger partial charge in [-0.3, -0.25) is 0 Å². The van der Waals surface area contributed by atoms with Gasteiger partial charge < -0.3 is 9.97 Å². The smallest absolute Gasteiger partial charge is 0.137 e. The number of fused-ring (bicyclic) bond motifs is 2. The highest BCUT2D eigenvalue weighted by atomic mass is 14.8. The summed E-state index contributed by atoms with van der Waals surface area (Å²) in [6.07, 6.45) is 6.02. The van der Waals surface area contributed by atoms with Crippen LogP contribution in [-0.4, -0.2) is 15.0 Å². The molecular formula is C18H17N3. The molecule has 0 aliphatic carbocycles. The van der Waals surface area contributed by atoms with E-state index in [1.54, 1.807) is 0 Å². The molecule has 0 bridgehead atoms. The van der Waals surface area contributed by atoms with Crippen LogP contribution in [0.25, 0.3) is 21.9 Å². The zero-order valence-corrected chi connectivity index (χ0v) is 12.0. The van der Waals surface area contributed by atoms with E-state index in [0.29, 0.717) is 0 Å². The first-order valence-corrected chi connectivity index (χ1v) is 7.28. The van der Waals surface area contributed by atoms with Crippen LogP contribution in [0.5, 0.6) is 0 Å². The molecule has 3 heteroatoms. The average molecular weight is 275 g/mol. The number of hydrogen-bond acceptors (Lipinski definition) is 1. The molecule has 0 atom stereocenters. The summed E-state index contributed by atoms with van der Waals surface area (Å²) in [5.41, 5.74) is 5.99. The number of aryl methyl sites for hydroxylation is 3. The molecule has 21 heavy (non-hydrogen) atoms. The quantitative estimate of drug-likeness (QED) is 0.580. The number of H-pyrrole nitrogens is 2. The maximum atomic E-state index is 4.50. The Morgan fingerprint density at radius 1 is 0.952 bits per heavy atom. The number of nitrogens with one attached hydrogen (secondary N) is 2. The van der Waals surface area contributed by atoms with Gasteiger partial charge in [-0.25, -0.2) is 4.98 Å². The Kier molecular flexibility index (Phi) is 2.78. The fourth-order valence-electron chi connectivity index (χ4n) is 2.88. The summed E-state index contributed by atoms with van der Waals surface area (Å²) in [6.45, 7) is 2.06. The van der Waals surface area contributed by atoms with Gasteiger partial charge >= 0.3 is 0 Å². The van der Waals surface area contributed by atoms with Crippen molar-refractivity contribution in [2.75, 3.05) is 0 Å². The molecule has 4 rings (SSSR count). The second-order valence-electron chi connectivity index (χ2n) is 5.63. The highest BCUT2D eigenvalue weighted by molar-refractivity contribution is 5.80. The second kappa shape index (κ2) is 4.77. The summed E-state index contributed by atoms with van der Waals surface area (Å²) in [6, 6.07) is 13.1. The van der Waals surface area contributed by atoms with Crippen LogP contribution in [0.4, 0.5) is 0 Å². The predicted molar refractivity (Wildman–Crippen MR) is 86.5 cm³/mol. The number of rotatable bonds is 3. The van der Waals surface area contributed by atoms with E-state index in [-0.39, 0.29) is 0 Å². The van der Waals surface area contributed by atoms with E-state index in [9.17, 15) is 0 Å². The van der Waals surface area contributed by atoms with E-state index in [1.165, 1.54) is 27.4 Å². The number of benzene rings is 1. The van der Waals surface area contributed by atoms with Crippen molar-refractivity contribution in [2.24, 2.45) is 0 Å². The topological polar surface area (TPSA) is 44.5 Å². The molecule has 0 unspecified atom stereocenters. The highest BCUT2D eigenvalue weighted by Gasteiger charge is 2.03. The fraction of sp³-hybridized carbons (Fsp3) is 0.167. The lowest BCUT2D eigenvalue weighted by Gasteiger charge is -2.03. The summed E-state index contributed by atoms with van der Waals surface area (Å²) in [7, 11) is 0. The van der Waals surface area contributed by atoms with E-state index >= 15 is 0 Å². The zero-order chi connectivity index (χ0) is 14.2. The van der Waals surface area contributed by atoms with Gasteiger partial charge in [-0.1, -0.05) is 6.07 Å². The van der Waals surface area contributed by atoms with E-state index < -0.39 is 0 Å². The van der Waals surface area contributed by atoms with Crippen molar-refractivity contribution in [1.29, 1.82) is 0 Å². The van der Waals surface area contributed by atoms with Gasteiger partial charge in [-0.05, 0) is 66.6 Å². The van der Waals surface area contributed by atoms with Crippen molar-refractivity contribution in [1.82, 2.24) is 15.0 Å². The number of aromatic amines is 2. The maximum Gasteiger partial charge on any atom is 0.137 e. The molecule has 104 valence electrons. The molecule has 3 heterocycles. The summed E-state index contributed by atoms with van der Waals surface area (Å²) in [5, 5.41) is 2.48. The van der Waals surface area contributed by atoms with Gasteiger partial charge in [0.15, 0.2) is 0 Å². The van der Waals surface area contributed by atoms with Crippen molar-refractivity contribution >= 4 is 21.9 Å². The Bertz CT molecular complexity index is 914. The zero-order valence-electron chi connectivity index (χ0n) is 12.0. The van der Waals surface area contributed by atoms with Crippen LogP contribution in [0.15, 0.2) is 48.8 Å². The molecule has 3 nitrogen and oxygen atoms in total. The third kappa shape index (κ3) is 2.31. The largest absolute Gasteiger partial charge is 0.361 e. The minimum Gasteiger partial charge on any atom is -0.361 e. The lowest BCUT2D eigenvalue weighted by atomic mass is 10.0. The van der Waals surface area contributed by atoms with Gasteiger partial charge in [0.1, 0.15) is 5.65 Å². The molecule has 0 saturated heterocycles. The Hall–Kier alpha value is -2.55. The standard InChI is InChI=1S/C18H17N3/c1-12-8-16-10-14(11-20-18(16)21-12)3-2-13-4-5-17-15(9-13)6-7-19-17/h4-11,19H,2-3H2,1H3,(H,20,21). The minimum absolute atomic E-state index is 0.977. The highest BCUT2D eigenvalue weighted by Crippen LogP contribution is 2.18. The van der Waals surface area contributed by atoms with Crippen molar-refractivity contribution < 1.29 is 0 Å². The van der Waals surface area contributed by atoms with Gasteiger partial charge in [-0.15, -0.1) is 0 Å². The lowest BCUT2D eigenvalue weighted by Crippen LogP contribution is -1.92. The van der Waals surface area contributed by atoms with E-state index in [0.717, 1.165) is 24.2 Å². The van der Waals surface area contributed by atoms with Crippen molar-refractivity contribution in [3.05, 3.63) is 65.6 Å². The first-order chi connectivity index (χ1) is 10.3. The van der Waals surface area contributed by atoms with Crippen LogP contribution < -0.4 is 0 Å². The fourth-order valence-corrected chi connectivity index (χ4v) is 2.88. The van der Waals surface area contributed by atoms with Crippen molar-refractivity contribution in [3.8, 4) is 0 Å². The Morgan fingerprint density at radius 2 is 1.81 bits per heavy atom. The van der Waals surface area contributed by atoms with Gasteiger partial charge in [0, 0.05) is 29.0 Å². The maximum absolute atomic E-state index is 4.50. The van der Waals surface area contributed by atoms with Crippen LogP contribution in [0.2, 0.25) is 0 Å². The van der Waals surface area contributed by atoms with E-state index in [4.69, 9.17) is 0 Å². The third-order valence-electron chi connectivity index (χ3n) is 3.98. The van der Waals surface area contributed by atoms with Gasteiger partial charge in [-0.2, -0.15) is 0 Å². The molecule has 0 fully saturated rings. The molecule has 0 aliphatic rings. The Balaban J connectivity index is 1.56. The number of pyridine rings is 1. The molecule has 0 saturated carbocycles. The van der Waals surface area contributed by atoms with Gasteiger partial charge in [0.25, 0.3) is 0 Å². The van der Waals surface area contributed by atoms with E-state index in [1.807, 2.05) is 12.4 Å². The molecule has 0 spiro atoms. The summed E-state index contributed by atoms with van der Waals surface area (Å²) in [4.78, 5) is 11.0. The van der Waals surface area contributed by atoms with Crippen molar-refractivity contribution in [2.45, 2.75) is 19.8 Å². The second-order valence-corrected chi connectivity index (χ2v) is 5.63. The van der Waals surface area contributed by atoms with Crippen LogP contribution in [0.3, 0.4) is 0 Å². The normalized spacial score (nSPS) is 11.5. The van der Waals surface area contributed by atoms with E-state index in [2.05, 4.69) is 58.3 Å². The molecule has 1 aromatic carbocycles. The SMILES string of the molecule is Cc1cc2cc(CCc3ccc4[nH]ccc4c3)cnc2[nH]1. The molecule has 2 N–H and O–H groups in total. The van der Waals surface area contributed by atoms with Crippen LogP contribution in [0, 0.1) is 6.92 Å². The predicted octanol–water partition coefficient (Wildman–Crippen LogP) is 4.14. The molecule has 0 radical (unpaired) electrons. The molecule has 3 aromatic heterocycles. The van der Waals surface area contributed by atoms with Crippen LogP contribution in [-0.2, 0) is 12.8 Å². The first kappa shape index (κ1) is 12.2. The number of aromatic nitrogens is 3. The molecule has 0 amide bonds. The first-order valence-electron chi connectivity index (χ1n) is 7.28. The number of nitrogens with zero attached hydrogens (tertiary/aromatic N) is 1. The molecule has 4 aromatic rings. The van der Waals surface area contributed by atoms with Crippen LogP contribution in [0.1, 0.15) is 16.8 Å². The van der Waals surface area contributed by atoms with Gasteiger partial charge in [0.2, 0.25) is 0 Å². The lowest BCUT2D eigenvalue weighted by molar-refractivity contribution is 0.956. The monoisotopic (exact) mass is 275 g/mol. The average Bonchev–Trinajstić information content (AvgIpc) is 3.08. The van der Waals surface area contributed by atoms with Crippen LogP contribution >= 0.6 is 0 Å². The molecular weight excluding hydrogens is 258 g/mol. The van der Waals surface area contributed by atoms with Crippen molar-refractivity contribution in [3.63, 3.8) is 0 Å². The summed E-state index contributed by atoms with van der Waals surface area (Å²) >= 11 is 0. The summed E-state index contributed by atoms with van der Waals surface area (Å²) < 4.78 is 0. The third-order valence-corrected chi connectivity index (χ3v) is 3.98. The minimum atomic E-state index is 0.977. The molecule has 0 aliphatic heterocycles. The summed E-state index contributed by atoms with van der Waals surface area (Å²) in [5.74, 6) is 0. The Labute approximate surface area is 123 Å². The van der Waals surface area contributed by atoms with Gasteiger partial charge in [0.05, 0.1) is 0 Å². The number of hydrogen-bond donors (Lipinski definition) is 2. The Morgan fingerprint density at radius 3 is 2.76 bits per heavy atom.